The maximum atomic E-state index is 12.5. The standard InChI is InChI=1S/C17H12ClN3O3/c18-11-5-3-4-10(8-11)15-14(20-9-24-15)17(23)21-13-7-2-1-6-12(13)16(19)22/h1-9H,(H2,19,22)(H,21,23). The van der Waals surface area contributed by atoms with Crippen molar-refractivity contribution >= 4 is 29.1 Å². The highest BCUT2D eigenvalue weighted by Crippen LogP contribution is 2.26. The van der Waals surface area contributed by atoms with Crippen LogP contribution in [-0.2, 0) is 0 Å². The van der Waals surface area contributed by atoms with E-state index in [4.69, 9.17) is 21.8 Å². The highest BCUT2D eigenvalue weighted by Gasteiger charge is 2.20. The Kier molecular flexibility index (Phi) is 4.31. The van der Waals surface area contributed by atoms with E-state index in [0.717, 1.165) is 0 Å². The van der Waals surface area contributed by atoms with Crippen molar-refractivity contribution in [3.05, 3.63) is 71.2 Å². The molecule has 0 spiro atoms. The van der Waals surface area contributed by atoms with Crippen molar-refractivity contribution in [1.29, 1.82) is 0 Å². The van der Waals surface area contributed by atoms with Gasteiger partial charge in [-0.05, 0) is 24.3 Å². The Morgan fingerprint density at radius 2 is 1.92 bits per heavy atom. The van der Waals surface area contributed by atoms with Gasteiger partial charge in [-0.25, -0.2) is 4.98 Å². The molecule has 0 aliphatic heterocycles. The lowest BCUT2D eigenvalue weighted by molar-refractivity contribution is 0.100. The quantitative estimate of drug-likeness (QED) is 0.760. The Hall–Kier alpha value is -3.12. The van der Waals surface area contributed by atoms with Gasteiger partial charge in [0, 0.05) is 10.6 Å². The number of rotatable bonds is 4. The van der Waals surface area contributed by atoms with Crippen molar-refractivity contribution in [3.8, 4) is 11.3 Å². The number of carbonyl (C=O) groups excluding carboxylic acids is 2. The van der Waals surface area contributed by atoms with Gasteiger partial charge in [0.05, 0.1) is 11.3 Å². The second-order valence-electron chi connectivity index (χ2n) is 4.90. The number of halogens is 1. The smallest absolute Gasteiger partial charge is 0.278 e. The third-order valence-corrected chi connectivity index (χ3v) is 3.55. The Morgan fingerprint density at radius 3 is 2.67 bits per heavy atom. The Balaban J connectivity index is 1.93. The van der Waals surface area contributed by atoms with Crippen LogP contribution in [0.1, 0.15) is 20.8 Å². The molecule has 3 N–H and O–H groups in total. The fourth-order valence-corrected chi connectivity index (χ4v) is 2.42. The number of benzene rings is 2. The molecular weight excluding hydrogens is 330 g/mol. The minimum Gasteiger partial charge on any atom is -0.443 e. The number of hydrogen-bond donors (Lipinski definition) is 2. The SMILES string of the molecule is NC(=O)c1ccccc1NC(=O)c1ncoc1-c1cccc(Cl)c1. The molecule has 0 aliphatic carbocycles. The molecule has 1 heterocycles. The summed E-state index contributed by atoms with van der Waals surface area (Å²) in [6, 6.07) is 13.3. The molecule has 0 atom stereocenters. The molecule has 0 saturated carbocycles. The number of nitrogens with two attached hydrogens (primary N) is 1. The van der Waals surface area contributed by atoms with Gasteiger partial charge in [0.25, 0.3) is 11.8 Å². The van der Waals surface area contributed by atoms with Gasteiger partial charge >= 0.3 is 0 Å². The largest absolute Gasteiger partial charge is 0.443 e. The minimum absolute atomic E-state index is 0.0801. The van der Waals surface area contributed by atoms with Crippen LogP contribution in [-0.4, -0.2) is 16.8 Å². The van der Waals surface area contributed by atoms with Gasteiger partial charge in [-0.3, -0.25) is 9.59 Å². The highest BCUT2D eigenvalue weighted by atomic mass is 35.5. The van der Waals surface area contributed by atoms with E-state index in [9.17, 15) is 9.59 Å². The molecule has 0 fully saturated rings. The molecule has 0 radical (unpaired) electrons. The van der Waals surface area contributed by atoms with Crippen molar-refractivity contribution in [2.75, 3.05) is 5.32 Å². The zero-order valence-corrected chi connectivity index (χ0v) is 13.1. The first-order valence-electron chi connectivity index (χ1n) is 6.96. The third kappa shape index (κ3) is 3.13. The summed E-state index contributed by atoms with van der Waals surface area (Å²) in [4.78, 5) is 27.9. The number of aromatic nitrogens is 1. The monoisotopic (exact) mass is 341 g/mol. The summed E-state index contributed by atoms with van der Waals surface area (Å²) in [5.41, 5.74) is 6.51. The molecule has 0 saturated heterocycles. The van der Waals surface area contributed by atoms with Crippen LogP contribution in [0.4, 0.5) is 5.69 Å². The Bertz CT molecular complexity index is 921. The van der Waals surface area contributed by atoms with Crippen molar-refractivity contribution in [1.82, 2.24) is 4.98 Å². The van der Waals surface area contributed by atoms with Crippen LogP contribution in [0.5, 0.6) is 0 Å². The van der Waals surface area contributed by atoms with Crippen LogP contribution in [0.2, 0.25) is 5.02 Å². The first-order chi connectivity index (χ1) is 11.6. The number of anilines is 1. The molecule has 3 aromatic rings. The molecule has 0 bridgehead atoms. The summed E-state index contributed by atoms with van der Waals surface area (Å²) >= 11 is 5.97. The van der Waals surface area contributed by atoms with Crippen molar-refractivity contribution in [3.63, 3.8) is 0 Å². The van der Waals surface area contributed by atoms with Gasteiger partial charge < -0.3 is 15.5 Å². The molecule has 3 rings (SSSR count). The van der Waals surface area contributed by atoms with Crippen LogP contribution in [0, 0.1) is 0 Å². The number of primary amides is 1. The highest BCUT2D eigenvalue weighted by molar-refractivity contribution is 6.30. The summed E-state index contributed by atoms with van der Waals surface area (Å²) in [5.74, 6) is -0.875. The van der Waals surface area contributed by atoms with E-state index in [1.807, 2.05) is 0 Å². The van der Waals surface area contributed by atoms with E-state index in [2.05, 4.69) is 10.3 Å². The predicted octanol–water partition coefficient (Wildman–Crippen LogP) is 3.35. The van der Waals surface area contributed by atoms with Crippen molar-refractivity contribution in [2.24, 2.45) is 5.73 Å². The van der Waals surface area contributed by atoms with Crippen LogP contribution in [0.25, 0.3) is 11.3 Å². The topological polar surface area (TPSA) is 98.2 Å². The van der Waals surface area contributed by atoms with Crippen LogP contribution in [0.3, 0.4) is 0 Å². The number of para-hydroxylation sites is 1. The lowest BCUT2D eigenvalue weighted by atomic mass is 10.1. The van der Waals surface area contributed by atoms with Gasteiger partial charge in [0.2, 0.25) is 0 Å². The number of carbonyl (C=O) groups is 2. The average molecular weight is 342 g/mol. The predicted molar refractivity (Wildman–Crippen MR) is 89.9 cm³/mol. The number of oxazole rings is 1. The summed E-state index contributed by atoms with van der Waals surface area (Å²) in [6.45, 7) is 0. The molecule has 2 aromatic carbocycles. The van der Waals surface area contributed by atoms with E-state index in [0.29, 0.717) is 16.3 Å². The minimum atomic E-state index is -0.638. The normalized spacial score (nSPS) is 10.4. The molecule has 0 aliphatic rings. The second-order valence-corrected chi connectivity index (χ2v) is 5.34. The van der Waals surface area contributed by atoms with E-state index in [1.54, 1.807) is 42.5 Å². The number of hydrogen-bond acceptors (Lipinski definition) is 4. The van der Waals surface area contributed by atoms with Gasteiger partial charge in [0.15, 0.2) is 17.8 Å². The maximum Gasteiger partial charge on any atom is 0.278 e. The van der Waals surface area contributed by atoms with Crippen LogP contribution in [0.15, 0.2) is 59.3 Å². The molecule has 7 heteroatoms. The third-order valence-electron chi connectivity index (χ3n) is 3.31. The molecule has 2 amide bonds. The van der Waals surface area contributed by atoms with E-state index >= 15 is 0 Å². The molecule has 1 aromatic heterocycles. The van der Waals surface area contributed by atoms with Gasteiger partial charge in [0.1, 0.15) is 0 Å². The van der Waals surface area contributed by atoms with Gasteiger partial charge in [-0.2, -0.15) is 0 Å². The Morgan fingerprint density at radius 1 is 1.12 bits per heavy atom. The Labute approximate surface area is 142 Å². The molecule has 6 nitrogen and oxygen atoms in total. The molecule has 0 unspecified atom stereocenters. The maximum absolute atomic E-state index is 12.5. The number of amides is 2. The number of nitrogens with one attached hydrogen (secondary N) is 1. The second kappa shape index (κ2) is 6.55. The fourth-order valence-electron chi connectivity index (χ4n) is 2.23. The van der Waals surface area contributed by atoms with E-state index < -0.39 is 11.8 Å². The van der Waals surface area contributed by atoms with Gasteiger partial charge in [-0.15, -0.1) is 0 Å². The van der Waals surface area contributed by atoms with E-state index in [-0.39, 0.29) is 17.0 Å². The van der Waals surface area contributed by atoms with E-state index in [1.165, 1.54) is 12.5 Å². The average Bonchev–Trinajstić information content (AvgIpc) is 3.05. The first kappa shape index (κ1) is 15.8. The molecule has 120 valence electrons. The molecular formula is C17H12ClN3O3. The zero-order valence-electron chi connectivity index (χ0n) is 12.3. The fraction of sp³-hybridized carbons (Fsp3) is 0. The van der Waals surface area contributed by atoms with Gasteiger partial charge in [-0.1, -0.05) is 35.9 Å². The first-order valence-corrected chi connectivity index (χ1v) is 7.33. The molecule has 24 heavy (non-hydrogen) atoms. The van der Waals surface area contributed by atoms with Crippen LogP contribution < -0.4 is 11.1 Å². The lowest BCUT2D eigenvalue weighted by Crippen LogP contribution is -2.18. The summed E-state index contributed by atoms with van der Waals surface area (Å²) < 4.78 is 5.32. The van der Waals surface area contributed by atoms with Crippen molar-refractivity contribution < 1.29 is 14.0 Å². The lowest BCUT2D eigenvalue weighted by Gasteiger charge is -2.08. The summed E-state index contributed by atoms with van der Waals surface area (Å²) in [5, 5.41) is 3.13. The van der Waals surface area contributed by atoms with Crippen LogP contribution >= 0.6 is 11.6 Å². The van der Waals surface area contributed by atoms with Crippen molar-refractivity contribution in [2.45, 2.75) is 0 Å². The number of nitrogens with zero attached hydrogens (tertiary/aromatic N) is 1. The summed E-state index contributed by atoms with van der Waals surface area (Å²) in [7, 11) is 0. The zero-order chi connectivity index (χ0) is 17.1. The summed E-state index contributed by atoms with van der Waals surface area (Å²) in [6.07, 6.45) is 1.17.